The van der Waals surface area contributed by atoms with Crippen molar-refractivity contribution in [1.82, 2.24) is 10.6 Å². The minimum atomic E-state index is 0.00362. The van der Waals surface area contributed by atoms with Crippen LogP contribution in [-0.2, 0) is 11.3 Å². The van der Waals surface area contributed by atoms with Gasteiger partial charge in [0.25, 0.3) is 5.91 Å². The highest BCUT2D eigenvalue weighted by molar-refractivity contribution is 5.94. The molecule has 19 heavy (non-hydrogen) atoms. The second-order valence-electron chi connectivity index (χ2n) is 5.04. The molecule has 0 spiro atoms. The molecule has 1 fully saturated rings. The third-order valence-electron chi connectivity index (χ3n) is 3.50. The average Bonchev–Trinajstić information content (AvgIpc) is 2.92. The zero-order valence-corrected chi connectivity index (χ0v) is 11.4. The van der Waals surface area contributed by atoms with Crippen LogP contribution >= 0.6 is 0 Å². The summed E-state index contributed by atoms with van der Waals surface area (Å²) < 4.78 is 5.07. The highest BCUT2D eigenvalue weighted by atomic mass is 16.5. The summed E-state index contributed by atoms with van der Waals surface area (Å²) in [5.41, 5.74) is 1.73. The summed E-state index contributed by atoms with van der Waals surface area (Å²) in [5, 5.41) is 6.32. The monoisotopic (exact) mass is 262 g/mol. The molecule has 2 N–H and O–H groups in total. The molecule has 0 aliphatic carbocycles. The maximum absolute atomic E-state index is 12.0. The van der Waals surface area contributed by atoms with Crippen molar-refractivity contribution in [1.29, 1.82) is 0 Å². The number of ether oxygens (including phenoxy) is 1. The van der Waals surface area contributed by atoms with Gasteiger partial charge in [0, 0.05) is 19.2 Å². The Morgan fingerprint density at radius 2 is 2.42 bits per heavy atom. The Balaban J connectivity index is 1.79. The number of carbonyl (C=O) groups is 1. The van der Waals surface area contributed by atoms with Gasteiger partial charge in [-0.2, -0.15) is 0 Å². The van der Waals surface area contributed by atoms with Crippen molar-refractivity contribution < 1.29 is 9.53 Å². The summed E-state index contributed by atoms with van der Waals surface area (Å²) in [6.07, 6.45) is 2.27. The summed E-state index contributed by atoms with van der Waals surface area (Å²) in [4.78, 5) is 12.0. The Morgan fingerprint density at radius 3 is 3.16 bits per heavy atom. The maximum Gasteiger partial charge on any atom is 0.251 e. The van der Waals surface area contributed by atoms with Crippen LogP contribution in [0, 0.1) is 5.92 Å². The third-order valence-corrected chi connectivity index (χ3v) is 3.50. The number of benzene rings is 1. The van der Waals surface area contributed by atoms with Crippen LogP contribution in [0.4, 0.5) is 0 Å². The van der Waals surface area contributed by atoms with E-state index in [1.54, 1.807) is 7.11 Å². The van der Waals surface area contributed by atoms with E-state index in [-0.39, 0.29) is 5.91 Å². The topological polar surface area (TPSA) is 50.4 Å². The standard InChI is InChI=1S/C15H22N2O2/c1-19-11-13-3-2-4-14(9-13)15(18)17-8-6-12-5-7-16-10-12/h2-4,9,12,16H,5-8,10-11H2,1H3,(H,17,18). The van der Waals surface area contributed by atoms with E-state index in [0.29, 0.717) is 18.1 Å². The molecule has 104 valence electrons. The molecular formula is C15H22N2O2. The van der Waals surface area contributed by atoms with Gasteiger partial charge in [-0.25, -0.2) is 0 Å². The second-order valence-corrected chi connectivity index (χ2v) is 5.04. The molecule has 1 aromatic carbocycles. The summed E-state index contributed by atoms with van der Waals surface area (Å²) in [5.74, 6) is 0.712. The number of hydrogen-bond donors (Lipinski definition) is 2. The predicted molar refractivity (Wildman–Crippen MR) is 75.1 cm³/mol. The summed E-state index contributed by atoms with van der Waals surface area (Å²) in [6.45, 7) is 3.48. The highest BCUT2D eigenvalue weighted by Gasteiger charge is 2.14. The predicted octanol–water partition coefficient (Wildman–Crippen LogP) is 1.56. The second kappa shape index (κ2) is 7.26. The Hall–Kier alpha value is -1.39. The van der Waals surface area contributed by atoms with Crippen molar-refractivity contribution in [3.63, 3.8) is 0 Å². The van der Waals surface area contributed by atoms with Crippen LogP contribution < -0.4 is 10.6 Å². The molecule has 0 radical (unpaired) electrons. The van der Waals surface area contributed by atoms with E-state index in [1.165, 1.54) is 6.42 Å². The molecule has 1 aromatic rings. The van der Waals surface area contributed by atoms with Crippen LogP contribution in [-0.4, -0.2) is 32.7 Å². The van der Waals surface area contributed by atoms with Gasteiger partial charge in [-0.05, 0) is 49.5 Å². The molecule has 1 amide bonds. The van der Waals surface area contributed by atoms with Crippen LogP contribution in [0.2, 0.25) is 0 Å². The minimum Gasteiger partial charge on any atom is -0.380 e. The van der Waals surface area contributed by atoms with Gasteiger partial charge in [0.05, 0.1) is 6.61 Å². The van der Waals surface area contributed by atoms with Crippen molar-refractivity contribution in [2.45, 2.75) is 19.4 Å². The summed E-state index contributed by atoms with van der Waals surface area (Å²) in [7, 11) is 1.66. The van der Waals surface area contributed by atoms with E-state index in [9.17, 15) is 4.79 Å². The Morgan fingerprint density at radius 1 is 1.53 bits per heavy atom. The maximum atomic E-state index is 12.0. The minimum absolute atomic E-state index is 0.00362. The van der Waals surface area contributed by atoms with Crippen LogP contribution in [0.5, 0.6) is 0 Å². The van der Waals surface area contributed by atoms with Crippen LogP contribution in [0.1, 0.15) is 28.8 Å². The lowest BCUT2D eigenvalue weighted by Gasteiger charge is -2.10. The van der Waals surface area contributed by atoms with Gasteiger partial charge < -0.3 is 15.4 Å². The smallest absolute Gasteiger partial charge is 0.251 e. The van der Waals surface area contributed by atoms with Crippen LogP contribution in [0.15, 0.2) is 24.3 Å². The van der Waals surface area contributed by atoms with Crippen molar-refractivity contribution in [3.8, 4) is 0 Å². The van der Waals surface area contributed by atoms with Gasteiger partial charge in [-0.1, -0.05) is 12.1 Å². The van der Waals surface area contributed by atoms with Crippen molar-refractivity contribution >= 4 is 5.91 Å². The first-order valence-electron chi connectivity index (χ1n) is 6.86. The van der Waals surface area contributed by atoms with Gasteiger partial charge >= 0.3 is 0 Å². The van der Waals surface area contributed by atoms with Crippen molar-refractivity contribution in [2.24, 2.45) is 5.92 Å². The lowest BCUT2D eigenvalue weighted by Crippen LogP contribution is -2.26. The molecule has 1 saturated heterocycles. The first kappa shape index (κ1) is 14.0. The quantitative estimate of drug-likeness (QED) is 0.818. The van der Waals surface area contributed by atoms with E-state index >= 15 is 0 Å². The first-order chi connectivity index (χ1) is 9.29. The number of amides is 1. The molecule has 4 nitrogen and oxygen atoms in total. The zero-order valence-electron chi connectivity index (χ0n) is 11.4. The molecular weight excluding hydrogens is 240 g/mol. The van der Waals surface area contributed by atoms with E-state index in [0.717, 1.165) is 31.6 Å². The zero-order chi connectivity index (χ0) is 13.5. The van der Waals surface area contributed by atoms with Gasteiger partial charge in [-0.15, -0.1) is 0 Å². The molecule has 2 rings (SSSR count). The molecule has 0 aromatic heterocycles. The average molecular weight is 262 g/mol. The number of nitrogens with one attached hydrogen (secondary N) is 2. The fourth-order valence-corrected chi connectivity index (χ4v) is 2.42. The molecule has 1 heterocycles. The lowest BCUT2D eigenvalue weighted by molar-refractivity contribution is 0.0951. The molecule has 1 aliphatic rings. The molecule has 1 aliphatic heterocycles. The normalized spacial score (nSPS) is 18.5. The van der Waals surface area contributed by atoms with Crippen molar-refractivity contribution in [3.05, 3.63) is 35.4 Å². The number of methoxy groups -OCH3 is 1. The van der Waals surface area contributed by atoms with E-state index in [1.807, 2.05) is 24.3 Å². The summed E-state index contributed by atoms with van der Waals surface area (Å²) >= 11 is 0. The lowest BCUT2D eigenvalue weighted by atomic mass is 10.1. The number of hydrogen-bond acceptors (Lipinski definition) is 3. The Labute approximate surface area is 114 Å². The van der Waals surface area contributed by atoms with Gasteiger partial charge in [0.15, 0.2) is 0 Å². The van der Waals surface area contributed by atoms with Crippen molar-refractivity contribution in [2.75, 3.05) is 26.7 Å². The fourth-order valence-electron chi connectivity index (χ4n) is 2.42. The van der Waals surface area contributed by atoms with Crippen LogP contribution in [0.3, 0.4) is 0 Å². The molecule has 4 heteroatoms. The molecule has 0 saturated carbocycles. The molecule has 1 unspecified atom stereocenters. The summed E-state index contributed by atoms with van der Waals surface area (Å²) in [6, 6.07) is 7.58. The van der Waals surface area contributed by atoms with Gasteiger partial charge in [-0.3, -0.25) is 4.79 Å². The Bertz CT molecular complexity index is 414. The fraction of sp³-hybridized carbons (Fsp3) is 0.533. The first-order valence-corrected chi connectivity index (χ1v) is 6.86. The number of carbonyl (C=O) groups excluding carboxylic acids is 1. The van der Waals surface area contributed by atoms with E-state index < -0.39 is 0 Å². The number of rotatable bonds is 6. The Kier molecular flexibility index (Phi) is 5.36. The van der Waals surface area contributed by atoms with Gasteiger partial charge in [0.1, 0.15) is 0 Å². The largest absolute Gasteiger partial charge is 0.380 e. The van der Waals surface area contributed by atoms with Crippen LogP contribution in [0.25, 0.3) is 0 Å². The SMILES string of the molecule is COCc1cccc(C(=O)NCCC2CCNC2)c1. The van der Waals surface area contributed by atoms with Gasteiger partial charge in [0.2, 0.25) is 0 Å². The van der Waals surface area contributed by atoms with E-state index in [2.05, 4.69) is 10.6 Å². The molecule has 1 atom stereocenters. The molecule has 0 bridgehead atoms. The highest BCUT2D eigenvalue weighted by Crippen LogP contribution is 2.11. The third kappa shape index (κ3) is 4.33. The van der Waals surface area contributed by atoms with E-state index in [4.69, 9.17) is 4.74 Å².